The van der Waals surface area contributed by atoms with Gasteiger partial charge in [-0.3, -0.25) is 9.78 Å². The lowest BCUT2D eigenvalue weighted by Gasteiger charge is -2.41. The third-order valence-electron chi connectivity index (χ3n) is 5.60. The molecule has 2 saturated heterocycles. The zero-order valence-corrected chi connectivity index (χ0v) is 16.6. The van der Waals surface area contributed by atoms with E-state index < -0.39 is 0 Å². The summed E-state index contributed by atoms with van der Waals surface area (Å²) in [5, 5.41) is 1.18. The first-order valence-corrected chi connectivity index (χ1v) is 10.2. The van der Waals surface area contributed by atoms with E-state index in [-0.39, 0.29) is 23.1 Å². The quantitative estimate of drug-likeness (QED) is 0.805. The zero-order valence-electron chi connectivity index (χ0n) is 15.0. The number of aromatic amines is 1. The van der Waals surface area contributed by atoms with Crippen molar-refractivity contribution in [1.29, 1.82) is 0 Å². The monoisotopic (exact) mass is 407 g/mol. The minimum Gasteiger partial charge on any atom is -0.376 e. The Balaban J connectivity index is 1.46. The van der Waals surface area contributed by atoms with Crippen LogP contribution in [0.15, 0.2) is 39.4 Å². The predicted molar refractivity (Wildman–Crippen MR) is 105 cm³/mol. The second-order valence-corrected chi connectivity index (χ2v) is 8.69. The lowest BCUT2D eigenvalue weighted by molar-refractivity contribution is 0.0974. The van der Waals surface area contributed by atoms with Crippen LogP contribution < -0.4 is 16.2 Å². The number of hydrogen-bond donors (Lipinski definition) is 2. The van der Waals surface area contributed by atoms with E-state index in [1.165, 1.54) is 11.8 Å². The number of nitrogens with one attached hydrogen (secondary N) is 1. The number of hydrogen-bond acceptors (Lipinski definition) is 7. The van der Waals surface area contributed by atoms with Crippen molar-refractivity contribution < 1.29 is 4.74 Å². The SMILES string of the molecule is C[C@@H]1OCC2(CCN(c3ncc(Sc4ccncc4Cl)[nH]c3=O)CC2)[C@@H]1N. The van der Waals surface area contributed by atoms with Crippen LogP contribution in [0, 0.1) is 5.41 Å². The third kappa shape index (κ3) is 3.59. The lowest BCUT2D eigenvalue weighted by atomic mass is 9.73. The molecule has 2 atom stereocenters. The van der Waals surface area contributed by atoms with E-state index in [0.29, 0.717) is 22.5 Å². The van der Waals surface area contributed by atoms with Gasteiger partial charge in [0.25, 0.3) is 5.56 Å². The average molecular weight is 408 g/mol. The van der Waals surface area contributed by atoms with Gasteiger partial charge in [0, 0.05) is 41.8 Å². The number of ether oxygens (including phenoxy) is 1. The Morgan fingerprint density at radius 2 is 2.19 bits per heavy atom. The number of H-pyrrole nitrogens is 1. The largest absolute Gasteiger partial charge is 0.376 e. The van der Waals surface area contributed by atoms with Crippen molar-refractivity contribution in [3.63, 3.8) is 0 Å². The molecule has 0 aliphatic carbocycles. The summed E-state index contributed by atoms with van der Waals surface area (Å²) in [6, 6.07) is 1.85. The molecule has 4 heterocycles. The number of rotatable bonds is 3. The van der Waals surface area contributed by atoms with E-state index in [1.807, 2.05) is 11.8 Å². The Bertz CT molecular complexity index is 884. The Kier molecular flexibility index (Phi) is 5.15. The summed E-state index contributed by atoms with van der Waals surface area (Å²) in [4.78, 5) is 26.7. The van der Waals surface area contributed by atoms with Gasteiger partial charge in [-0.25, -0.2) is 4.98 Å². The molecule has 0 saturated carbocycles. The summed E-state index contributed by atoms with van der Waals surface area (Å²) in [5.74, 6) is 0.454. The molecular formula is C18H22ClN5O2S. The van der Waals surface area contributed by atoms with Crippen molar-refractivity contribution in [2.75, 3.05) is 24.6 Å². The summed E-state index contributed by atoms with van der Waals surface area (Å²) in [6.45, 7) is 4.24. The van der Waals surface area contributed by atoms with Gasteiger partial charge in [-0.1, -0.05) is 23.4 Å². The highest BCUT2D eigenvalue weighted by molar-refractivity contribution is 7.99. The van der Waals surface area contributed by atoms with Gasteiger partial charge in [0.2, 0.25) is 0 Å². The molecule has 2 aliphatic heterocycles. The van der Waals surface area contributed by atoms with Crippen molar-refractivity contribution in [2.24, 2.45) is 11.1 Å². The molecule has 0 bridgehead atoms. The molecular weight excluding hydrogens is 386 g/mol. The number of pyridine rings is 1. The van der Waals surface area contributed by atoms with Crippen molar-refractivity contribution in [3.8, 4) is 0 Å². The van der Waals surface area contributed by atoms with Crippen LogP contribution in [0.25, 0.3) is 0 Å². The van der Waals surface area contributed by atoms with Gasteiger partial charge in [-0.05, 0) is 25.8 Å². The lowest BCUT2D eigenvalue weighted by Crippen LogP contribution is -2.51. The minimum atomic E-state index is -0.193. The second kappa shape index (κ2) is 7.43. The smallest absolute Gasteiger partial charge is 0.291 e. The van der Waals surface area contributed by atoms with E-state index in [9.17, 15) is 4.79 Å². The Labute approximate surface area is 166 Å². The first-order chi connectivity index (χ1) is 13.0. The molecule has 1 spiro atoms. The van der Waals surface area contributed by atoms with Crippen LogP contribution in [0.1, 0.15) is 19.8 Å². The van der Waals surface area contributed by atoms with Crippen LogP contribution in [0.5, 0.6) is 0 Å². The van der Waals surface area contributed by atoms with Crippen molar-refractivity contribution >= 4 is 29.2 Å². The maximum absolute atomic E-state index is 12.6. The number of nitrogens with two attached hydrogens (primary N) is 1. The van der Waals surface area contributed by atoms with Gasteiger partial charge >= 0.3 is 0 Å². The van der Waals surface area contributed by atoms with E-state index in [2.05, 4.69) is 15.0 Å². The first kappa shape index (κ1) is 18.7. The third-order valence-corrected chi connectivity index (χ3v) is 7.02. The van der Waals surface area contributed by atoms with Crippen molar-refractivity contribution in [2.45, 2.75) is 41.8 Å². The van der Waals surface area contributed by atoms with Gasteiger partial charge in [-0.15, -0.1) is 0 Å². The maximum Gasteiger partial charge on any atom is 0.291 e. The van der Waals surface area contributed by atoms with Gasteiger partial charge < -0.3 is 20.4 Å². The molecule has 0 amide bonds. The molecule has 2 aromatic heterocycles. The zero-order chi connectivity index (χ0) is 19.0. The molecule has 0 unspecified atom stereocenters. The summed E-state index contributed by atoms with van der Waals surface area (Å²) in [5.41, 5.74) is 6.19. The van der Waals surface area contributed by atoms with Crippen molar-refractivity contribution in [1.82, 2.24) is 15.0 Å². The fourth-order valence-electron chi connectivity index (χ4n) is 3.86. The number of aromatic nitrogens is 3. The normalized spacial score (nSPS) is 24.5. The standard InChI is InChI=1S/C18H22ClN5O2S/c1-11-15(20)18(10-26-11)3-6-24(7-4-18)16-17(25)23-14(9-22-16)27-13-2-5-21-8-12(13)19/h2,5,8-9,11,15H,3-4,6-7,10,20H2,1H3,(H,23,25)/t11-,15+/m0/s1. The van der Waals surface area contributed by atoms with Crippen LogP contribution in [0.2, 0.25) is 5.02 Å². The van der Waals surface area contributed by atoms with Crippen LogP contribution in [0.4, 0.5) is 5.82 Å². The average Bonchev–Trinajstić information content (AvgIpc) is 2.94. The molecule has 9 heteroatoms. The van der Waals surface area contributed by atoms with Crippen molar-refractivity contribution in [3.05, 3.63) is 40.0 Å². The van der Waals surface area contributed by atoms with E-state index in [4.69, 9.17) is 22.1 Å². The van der Waals surface area contributed by atoms with Gasteiger partial charge in [0.15, 0.2) is 5.82 Å². The Morgan fingerprint density at radius 3 is 2.81 bits per heavy atom. The Morgan fingerprint density at radius 1 is 1.41 bits per heavy atom. The number of nitrogens with zero attached hydrogens (tertiary/aromatic N) is 3. The summed E-state index contributed by atoms with van der Waals surface area (Å²) in [7, 11) is 0. The van der Waals surface area contributed by atoms with Crippen LogP contribution >= 0.6 is 23.4 Å². The molecule has 2 aromatic rings. The highest BCUT2D eigenvalue weighted by atomic mass is 35.5. The molecule has 7 nitrogen and oxygen atoms in total. The van der Waals surface area contributed by atoms with Crippen LogP contribution in [-0.2, 0) is 4.74 Å². The second-order valence-electron chi connectivity index (χ2n) is 7.20. The highest BCUT2D eigenvalue weighted by Gasteiger charge is 2.47. The van der Waals surface area contributed by atoms with Gasteiger partial charge in [0.05, 0.1) is 29.0 Å². The van der Waals surface area contributed by atoms with E-state index in [0.717, 1.165) is 30.8 Å². The molecule has 144 valence electrons. The summed E-state index contributed by atoms with van der Waals surface area (Å²) >= 11 is 7.48. The van der Waals surface area contributed by atoms with E-state index >= 15 is 0 Å². The van der Waals surface area contributed by atoms with Crippen LogP contribution in [0.3, 0.4) is 0 Å². The summed E-state index contributed by atoms with van der Waals surface area (Å²) < 4.78 is 5.76. The molecule has 4 rings (SSSR count). The maximum atomic E-state index is 12.6. The predicted octanol–water partition coefficient (Wildman–Crippen LogP) is 2.30. The van der Waals surface area contributed by atoms with E-state index in [1.54, 1.807) is 24.7 Å². The highest BCUT2D eigenvalue weighted by Crippen LogP contribution is 2.41. The molecule has 0 aromatic carbocycles. The Hall–Kier alpha value is -1.61. The summed E-state index contributed by atoms with van der Waals surface area (Å²) in [6.07, 6.45) is 6.82. The number of halogens is 1. The fraction of sp³-hybridized carbons (Fsp3) is 0.500. The fourth-order valence-corrected chi connectivity index (χ4v) is 4.86. The van der Waals surface area contributed by atoms with Gasteiger partial charge in [0.1, 0.15) is 0 Å². The first-order valence-electron chi connectivity index (χ1n) is 8.97. The molecule has 0 radical (unpaired) electrons. The minimum absolute atomic E-state index is 0.0244. The number of piperidine rings is 1. The number of anilines is 1. The topological polar surface area (TPSA) is 97.1 Å². The van der Waals surface area contributed by atoms with Gasteiger partial charge in [-0.2, -0.15) is 0 Å². The molecule has 2 aliphatic rings. The van der Waals surface area contributed by atoms with Crippen LogP contribution in [-0.4, -0.2) is 46.8 Å². The molecule has 3 N–H and O–H groups in total. The molecule has 27 heavy (non-hydrogen) atoms. The molecule has 2 fully saturated rings.